The van der Waals surface area contributed by atoms with Gasteiger partial charge in [0.15, 0.2) is 0 Å². The minimum Gasteiger partial charge on any atom is -0.312 e. The summed E-state index contributed by atoms with van der Waals surface area (Å²) < 4.78 is 41.0. The van der Waals surface area contributed by atoms with Gasteiger partial charge < -0.3 is 4.57 Å². The fourth-order valence-electron chi connectivity index (χ4n) is 3.46. The third-order valence-corrected chi connectivity index (χ3v) is 5.39. The van der Waals surface area contributed by atoms with E-state index >= 15 is 0 Å². The molecule has 158 valence electrons. The van der Waals surface area contributed by atoms with Crippen molar-refractivity contribution in [2.24, 2.45) is 5.92 Å². The van der Waals surface area contributed by atoms with Crippen molar-refractivity contribution >= 4 is 5.78 Å². The first kappa shape index (κ1) is 21.5. The Balaban J connectivity index is 1.64. The Bertz CT molecular complexity index is 867. The first-order valence-electron chi connectivity index (χ1n) is 10.3. The summed E-state index contributed by atoms with van der Waals surface area (Å²) in [5, 5.41) is 8.65. The lowest BCUT2D eigenvalue weighted by molar-refractivity contribution is -0.137. The maximum atomic E-state index is 12.9. The summed E-state index contributed by atoms with van der Waals surface area (Å²) in [4.78, 5) is 12.5. The van der Waals surface area contributed by atoms with Crippen molar-refractivity contribution in [2.75, 3.05) is 0 Å². The zero-order chi connectivity index (χ0) is 21.2. The highest BCUT2D eigenvalue weighted by Crippen LogP contribution is 2.37. The van der Waals surface area contributed by atoms with Crippen LogP contribution < -0.4 is 0 Å². The molecule has 1 aromatic heterocycles. The van der Waals surface area contributed by atoms with Gasteiger partial charge in [-0.1, -0.05) is 19.9 Å². The average Bonchev–Trinajstić information content (AvgIpc) is 3.39. The van der Waals surface area contributed by atoms with E-state index in [1.54, 1.807) is 6.92 Å². The molecular formula is C22H28F3N3O. The molecule has 4 nitrogen and oxygen atoms in total. The zero-order valence-corrected chi connectivity index (χ0v) is 17.2. The van der Waals surface area contributed by atoms with Gasteiger partial charge in [0.05, 0.1) is 5.56 Å². The Hall–Kier alpha value is -2.18. The van der Waals surface area contributed by atoms with Gasteiger partial charge in [-0.25, -0.2) is 0 Å². The van der Waals surface area contributed by atoms with Crippen molar-refractivity contribution in [3.63, 3.8) is 0 Å². The minimum absolute atomic E-state index is 0.00747. The molecule has 1 aliphatic rings. The van der Waals surface area contributed by atoms with E-state index in [2.05, 4.69) is 28.6 Å². The Morgan fingerprint density at radius 3 is 2.41 bits per heavy atom. The van der Waals surface area contributed by atoms with Crippen LogP contribution in [0.3, 0.4) is 0 Å². The number of Topliss-reactive ketones (excluding diaryl/α,β-unsaturated/α-hetero) is 1. The van der Waals surface area contributed by atoms with Crippen LogP contribution in [0.1, 0.15) is 73.9 Å². The number of hydrogen-bond acceptors (Lipinski definition) is 3. The summed E-state index contributed by atoms with van der Waals surface area (Å²) in [5.74, 6) is 2.30. The Morgan fingerprint density at radius 1 is 1.17 bits per heavy atom. The molecule has 0 bridgehead atoms. The van der Waals surface area contributed by atoms with Gasteiger partial charge in [-0.15, -0.1) is 10.2 Å². The number of carbonyl (C=O) groups excluding carboxylic acids is 1. The topological polar surface area (TPSA) is 47.8 Å². The van der Waals surface area contributed by atoms with E-state index in [1.165, 1.54) is 6.07 Å². The van der Waals surface area contributed by atoms with Gasteiger partial charge in [0.1, 0.15) is 17.4 Å². The summed E-state index contributed by atoms with van der Waals surface area (Å²) in [7, 11) is 0. The molecule has 0 aliphatic heterocycles. The molecule has 3 rings (SSSR count). The number of ketones is 1. The Morgan fingerprint density at radius 2 is 1.83 bits per heavy atom. The summed E-state index contributed by atoms with van der Waals surface area (Å²) in [6, 6.07) is 4.00. The lowest BCUT2D eigenvalue weighted by Gasteiger charge is -2.12. The molecular weight excluding hydrogens is 379 g/mol. The number of rotatable bonds is 9. The third-order valence-electron chi connectivity index (χ3n) is 5.39. The lowest BCUT2D eigenvalue weighted by Crippen LogP contribution is -2.12. The monoisotopic (exact) mass is 407 g/mol. The van der Waals surface area contributed by atoms with Gasteiger partial charge in [0.25, 0.3) is 0 Å². The predicted octanol–water partition coefficient (Wildman–Crippen LogP) is 5.27. The number of benzene rings is 1. The van der Waals surface area contributed by atoms with Crippen LogP contribution in [0.5, 0.6) is 0 Å². The van der Waals surface area contributed by atoms with Crippen LogP contribution in [0.25, 0.3) is 0 Å². The van der Waals surface area contributed by atoms with Crippen molar-refractivity contribution in [1.82, 2.24) is 14.8 Å². The molecule has 1 saturated carbocycles. The maximum absolute atomic E-state index is 12.9. The fourth-order valence-corrected chi connectivity index (χ4v) is 3.46. The van der Waals surface area contributed by atoms with Crippen LogP contribution in [0.4, 0.5) is 13.2 Å². The number of carbonyl (C=O) groups is 1. The lowest BCUT2D eigenvalue weighted by atomic mass is 9.98. The van der Waals surface area contributed by atoms with Crippen LogP contribution in [-0.4, -0.2) is 20.5 Å². The first-order chi connectivity index (χ1) is 13.6. The molecule has 2 aromatic rings. The van der Waals surface area contributed by atoms with E-state index in [9.17, 15) is 18.0 Å². The molecule has 0 N–H and O–H groups in total. The molecule has 0 unspecified atom stereocenters. The van der Waals surface area contributed by atoms with Crippen LogP contribution in [-0.2, 0) is 30.2 Å². The molecule has 1 aromatic carbocycles. The standard InChI is InChI=1S/C22H28F3N3O/c1-14(2)4-10-20-26-27-21(28(20)18-7-8-18)11-9-19(29)13-16-12-17(22(23,24)25)6-5-15(16)3/h5-6,12,14,18H,4,7-11,13H2,1-3H3. The maximum Gasteiger partial charge on any atom is 0.416 e. The van der Waals surface area contributed by atoms with Crippen LogP contribution in [0.2, 0.25) is 0 Å². The molecule has 0 amide bonds. The number of aromatic nitrogens is 3. The van der Waals surface area contributed by atoms with E-state index in [1.807, 2.05) is 0 Å². The highest BCUT2D eigenvalue weighted by Gasteiger charge is 2.31. The molecule has 1 aliphatic carbocycles. The second-order valence-electron chi connectivity index (χ2n) is 8.42. The highest BCUT2D eigenvalue weighted by molar-refractivity contribution is 5.81. The highest BCUT2D eigenvalue weighted by atomic mass is 19.4. The normalized spacial score (nSPS) is 14.6. The molecule has 1 fully saturated rings. The smallest absolute Gasteiger partial charge is 0.312 e. The van der Waals surface area contributed by atoms with E-state index in [0.717, 1.165) is 49.5 Å². The molecule has 0 atom stereocenters. The van der Waals surface area contributed by atoms with Crippen molar-refractivity contribution in [2.45, 2.75) is 77.9 Å². The molecule has 0 saturated heterocycles. The number of hydrogen-bond donors (Lipinski definition) is 0. The Labute approximate surface area is 169 Å². The van der Waals surface area contributed by atoms with E-state index in [-0.39, 0.29) is 18.6 Å². The SMILES string of the molecule is Cc1ccc(C(F)(F)F)cc1CC(=O)CCc1nnc(CCC(C)C)n1C1CC1. The third kappa shape index (κ3) is 5.67. The van der Waals surface area contributed by atoms with Crippen LogP contribution in [0.15, 0.2) is 18.2 Å². The van der Waals surface area contributed by atoms with E-state index < -0.39 is 11.7 Å². The fraction of sp³-hybridized carbons (Fsp3) is 0.591. The average molecular weight is 407 g/mol. The molecule has 0 radical (unpaired) electrons. The summed E-state index contributed by atoms with van der Waals surface area (Å²) >= 11 is 0. The van der Waals surface area contributed by atoms with Crippen molar-refractivity contribution < 1.29 is 18.0 Å². The first-order valence-corrected chi connectivity index (χ1v) is 10.3. The molecule has 1 heterocycles. The zero-order valence-electron chi connectivity index (χ0n) is 17.2. The van der Waals surface area contributed by atoms with Gasteiger partial charge in [-0.05, 0) is 55.4 Å². The summed E-state index contributed by atoms with van der Waals surface area (Å²) in [5.41, 5.74) is 0.420. The molecule has 7 heteroatoms. The van der Waals surface area contributed by atoms with Gasteiger partial charge in [-0.3, -0.25) is 4.79 Å². The quantitative estimate of drug-likeness (QED) is 0.569. The van der Waals surface area contributed by atoms with Crippen molar-refractivity contribution in [3.05, 3.63) is 46.5 Å². The second kappa shape index (κ2) is 8.67. The van der Waals surface area contributed by atoms with Gasteiger partial charge in [-0.2, -0.15) is 13.2 Å². The van der Waals surface area contributed by atoms with Crippen LogP contribution >= 0.6 is 0 Å². The number of halogens is 3. The number of nitrogens with zero attached hydrogens (tertiary/aromatic N) is 3. The summed E-state index contributed by atoms with van der Waals surface area (Å²) in [6.45, 7) is 6.08. The second-order valence-corrected chi connectivity index (χ2v) is 8.42. The van der Waals surface area contributed by atoms with Crippen LogP contribution in [0, 0.1) is 12.8 Å². The molecule has 0 spiro atoms. The Kier molecular flexibility index (Phi) is 6.44. The van der Waals surface area contributed by atoms with Crippen molar-refractivity contribution in [3.8, 4) is 0 Å². The number of alkyl halides is 3. The van der Waals surface area contributed by atoms with Crippen molar-refractivity contribution in [1.29, 1.82) is 0 Å². The minimum atomic E-state index is -4.40. The molecule has 29 heavy (non-hydrogen) atoms. The van der Waals surface area contributed by atoms with Gasteiger partial charge in [0, 0.05) is 31.7 Å². The van der Waals surface area contributed by atoms with Gasteiger partial charge >= 0.3 is 6.18 Å². The summed E-state index contributed by atoms with van der Waals surface area (Å²) in [6.07, 6.45) is 0.462. The number of aryl methyl sites for hydroxylation is 3. The largest absolute Gasteiger partial charge is 0.416 e. The van der Waals surface area contributed by atoms with E-state index in [4.69, 9.17) is 0 Å². The van der Waals surface area contributed by atoms with Gasteiger partial charge in [0.2, 0.25) is 0 Å². The van der Waals surface area contributed by atoms with E-state index in [0.29, 0.717) is 29.5 Å². The predicted molar refractivity (Wildman–Crippen MR) is 105 cm³/mol.